The van der Waals surface area contributed by atoms with Gasteiger partial charge in [0.05, 0.1) is 6.10 Å². The fourth-order valence-electron chi connectivity index (χ4n) is 1.45. The summed E-state index contributed by atoms with van der Waals surface area (Å²) in [4.78, 5) is 0. The van der Waals surface area contributed by atoms with Crippen molar-refractivity contribution in [1.29, 1.82) is 0 Å². The molecule has 1 N–H and O–H groups in total. The summed E-state index contributed by atoms with van der Waals surface area (Å²) >= 11 is 1.67. The zero-order valence-electron chi connectivity index (χ0n) is 8.42. The van der Waals surface area contributed by atoms with Crippen molar-refractivity contribution >= 4 is 11.3 Å². The molecule has 1 aromatic rings. The second-order valence-electron chi connectivity index (χ2n) is 3.52. The lowest BCUT2D eigenvalue weighted by atomic mass is 10.0. The highest BCUT2D eigenvalue weighted by molar-refractivity contribution is 7.08. The third kappa shape index (κ3) is 3.12. The molecule has 0 radical (unpaired) electrons. The van der Waals surface area contributed by atoms with Crippen molar-refractivity contribution in [2.75, 3.05) is 0 Å². The highest BCUT2D eigenvalue weighted by atomic mass is 32.1. The number of unbranched alkanes of at least 4 members (excludes halogenated alkanes) is 2. The van der Waals surface area contributed by atoms with Gasteiger partial charge in [0.1, 0.15) is 0 Å². The van der Waals surface area contributed by atoms with Crippen LogP contribution in [0.25, 0.3) is 0 Å². The third-order valence-electron chi connectivity index (χ3n) is 2.34. The molecule has 0 bridgehead atoms. The Morgan fingerprint density at radius 3 is 2.69 bits per heavy atom. The molecule has 0 saturated carbocycles. The number of hydrogen-bond donors (Lipinski definition) is 1. The molecule has 0 aliphatic rings. The van der Waals surface area contributed by atoms with Crippen molar-refractivity contribution in [1.82, 2.24) is 0 Å². The van der Waals surface area contributed by atoms with Crippen LogP contribution in [-0.4, -0.2) is 5.11 Å². The Morgan fingerprint density at radius 1 is 1.38 bits per heavy atom. The summed E-state index contributed by atoms with van der Waals surface area (Å²) in [6.45, 7) is 4.25. The van der Waals surface area contributed by atoms with Crippen LogP contribution in [0.1, 0.15) is 49.8 Å². The number of rotatable bonds is 5. The first-order valence-electron chi connectivity index (χ1n) is 4.96. The normalized spacial score (nSPS) is 13.2. The van der Waals surface area contributed by atoms with E-state index in [1.807, 2.05) is 0 Å². The zero-order valence-corrected chi connectivity index (χ0v) is 9.23. The molecular formula is C11H18OS. The molecule has 1 rings (SSSR count). The molecule has 1 unspecified atom stereocenters. The summed E-state index contributed by atoms with van der Waals surface area (Å²) in [7, 11) is 0. The maximum Gasteiger partial charge on any atom is 0.0800 e. The lowest BCUT2D eigenvalue weighted by Gasteiger charge is -2.09. The molecule has 0 amide bonds. The predicted octanol–water partition coefficient (Wildman–Crippen LogP) is 3.67. The van der Waals surface area contributed by atoms with E-state index >= 15 is 0 Å². The average molecular weight is 198 g/mol. The molecular weight excluding hydrogens is 180 g/mol. The lowest BCUT2D eigenvalue weighted by molar-refractivity contribution is 0.163. The van der Waals surface area contributed by atoms with E-state index in [0.29, 0.717) is 0 Å². The molecule has 74 valence electrons. The molecule has 1 nitrogen and oxygen atoms in total. The summed E-state index contributed by atoms with van der Waals surface area (Å²) < 4.78 is 0. The Labute approximate surface area is 84.4 Å². The van der Waals surface area contributed by atoms with Crippen molar-refractivity contribution in [3.05, 3.63) is 21.9 Å². The third-order valence-corrected chi connectivity index (χ3v) is 3.21. The van der Waals surface area contributed by atoms with E-state index in [0.717, 1.165) is 18.4 Å². The summed E-state index contributed by atoms with van der Waals surface area (Å²) in [5.74, 6) is 0. The van der Waals surface area contributed by atoms with Gasteiger partial charge < -0.3 is 5.11 Å². The highest BCUT2D eigenvalue weighted by Gasteiger charge is 2.09. The average Bonchev–Trinajstić information content (AvgIpc) is 2.52. The van der Waals surface area contributed by atoms with Gasteiger partial charge in [-0.15, -0.1) is 0 Å². The Morgan fingerprint density at radius 2 is 2.15 bits per heavy atom. The van der Waals surface area contributed by atoms with E-state index in [-0.39, 0.29) is 6.10 Å². The SMILES string of the molecule is CCCCCC(O)c1cscc1C. The quantitative estimate of drug-likeness (QED) is 0.716. The second kappa shape index (κ2) is 5.40. The molecule has 1 atom stereocenters. The Bertz CT molecular complexity index is 242. The second-order valence-corrected chi connectivity index (χ2v) is 4.27. The molecule has 1 aromatic heterocycles. The van der Waals surface area contributed by atoms with E-state index in [2.05, 4.69) is 24.6 Å². The minimum atomic E-state index is -0.238. The van der Waals surface area contributed by atoms with Crippen LogP contribution < -0.4 is 0 Å². The summed E-state index contributed by atoms with van der Waals surface area (Å²) in [6, 6.07) is 0. The Kier molecular flexibility index (Phi) is 4.46. The van der Waals surface area contributed by atoms with Crippen molar-refractivity contribution in [3.8, 4) is 0 Å². The van der Waals surface area contributed by atoms with Crippen LogP contribution in [-0.2, 0) is 0 Å². The lowest BCUT2D eigenvalue weighted by Crippen LogP contribution is -1.97. The van der Waals surface area contributed by atoms with E-state index in [1.54, 1.807) is 11.3 Å². The van der Waals surface area contributed by atoms with Crippen LogP contribution in [0.3, 0.4) is 0 Å². The van der Waals surface area contributed by atoms with Crippen molar-refractivity contribution in [2.45, 2.75) is 45.6 Å². The largest absolute Gasteiger partial charge is 0.388 e. The van der Waals surface area contributed by atoms with Crippen LogP contribution in [0.4, 0.5) is 0 Å². The van der Waals surface area contributed by atoms with E-state index < -0.39 is 0 Å². The Hall–Kier alpha value is -0.340. The number of aliphatic hydroxyl groups excluding tert-OH is 1. The van der Waals surface area contributed by atoms with Gasteiger partial charge in [0.2, 0.25) is 0 Å². The van der Waals surface area contributed by atoms with Crippen molar-refractivity contribution < 1.29 is 5.11 Å². The minimum Gasteiger partial charge on any atom is -0.388 e. The zero-order chi connectivity index (χ0) is 9.68. The summed E-state index contributed by atoms with van der Waals surface area (Å²) in [5, 5.41) is 14.0. The fourth-order valence-corrected chi connectivity index (χ4v) is 2.35. The van der Waals surface area contributed by atoms with Crippen molar-refractivity contribution in [3.63, 3.8) is 0 Å². The van der Waals surface area contributed by atoms with Gasteiger partial charge >= 0.3 is 0 Å². The predicted molar refractivity (Wildman–Crippen MR) is 58.2 cm³/mol. The van der Waals surface area contributed by atoms with Crippen LogP contribution in [0.15, 0.2) is 10.8 Å². The molecule has 13 heavy (non-hydrogen) atoms. The maximum atomic E-state index is 9.82. The van der Waals surface area contributed by atoms with E-state index in [4.69, 9.17) is 0 Å². The minimum absolute atomic E-state index is 0.238. The molecule has 0 fully saturated rings. The molecule has 1 heterocycles. The van der Waals surface area contributed by atoms with Gasteiger partial charge in [0.25, 0.3) is 0 Å². The van der Waals surface area contributed by atoms with Gasteiger partial charge in [-0.3, -0.25) is 0 Å². The number of aliphatic hydroxyl groups is 1. The molecule has 2 heteroatoms. The fraction of sp³-hybridized carbons (Fsp3) is 0.636. The maximum absolute atomic E-state index is 9.82. The van der Waals surface area contributed by atoms with Crippen LogP contribution in [0.5, 0.6) is 0 Å². The van der Waals surface area contributed by atoms with Crippen LogP contribution in [0.2, 0.25) is 0 Å². The van der Waals surface area contributed by atoms with Crippen LogP contribution in [0, 0.1) is 6.92 Å². The standard InChI is InChI=1S/C11H18OS/c1-3-4-5-6-11(12)10-8-13-7-9(10)2/h7-8,11-12H,3-6H2,1-2H3. The number of thiophene rings is 1. The van der Waals surface area contributed by atoms with Crippen LogP contribution >= 0.6 is 11.3 Å². The molecule has 0 aromatic carbocycles. The van der Waals surface area contributed by atoms with Crippen molar-refractivity contribution in [2.24, 2.45) is 0 Å². The first kappa shape index (κ1) is 10.7. The smallest absolute Gasteiger partial charge is 0.0800 e. The first-order chi connectivity index (χ1) is 6.25. The van der Waals surface area contributed by atoms with Gasteiger partial charge in [-0.25, -0.2) is 0 Å². The number of aryl methyl sites for hydroxylation is 1. The van der Waals surface area contributed by atoms with Gasteiger partial charge in [-0.2, -0.15) is 11.3 Å². The van der Waals surface area contributed by atoms with E-state index in [1.165, 1.54) is 18.4 Å². The first-order valence-corrected chi connectivity index (χ1v) is 5.90. The highest BCUT2D eigenvalue weighted by Crippen LogP contribution is 2.25. The molecule has 0 spiro atoms. The van der Waals surface area contributed by atoms with Gasteiger partial charge in [-0.05, 0) is 35.2 Å². The Balaban J connectivity index is 2.39. The van der Waals surface area contributed by atoms with Gasteiger partial charge in [0.15, 0.2) is 0 Å². The van der Waals surface area contributed by atoms with Gasteiger partial charge in [0, 0.05) is 0 Å². The topological polar surface area (TPSA) is 20.2 Å². The van der Waals surface area contributed by atoms with Gasteiger partial charge in [-0.1, -0.05) is 26.2 Å². The summed E-state index contributed by atoms with van der Waals surface area (Å²) in [5.41, 5.74) is 2.36. The van der Waals surface area contributed by atoms with E-state index in [9.17, 15) is 5.11 Å². The monoisotopic (exact) mass is 198 g/mol. The molecule has 0 aliphatic heterocycles. The molecule has 0 aliphatic carbocycles. The molecule has 0 saturated heterocycles. The number of hydrogen-bond acceptors (Lipinski definition) is 2. The summed E-state index contributed by atoms with van der Waals surface area (Å²) in [6.07, 6.45) is 4.24.